The molecule has 8 heteroatoms. The van der Waals surface area contributed by atoms with Crippen molar-refractivity contribution >= 4 is 43.2 Å². The minimum Gasteiger partial charge on any atom is -0.316 e. The smallest absolute Gasteiger partial charge is 0.279 e. The maximum atomic E-state index is 12.3. The molecule has 0 unspecified atom stereocenters. The van der Waals surface area contributed by atoms with Gasteiger partial charge in [0.15, 0.2) is 5.03 Å². The van der Waals surface area contributed by atoms with E-state index in [4.69, 9.17) is 11.6 Å². The molecular weight excluding hydrogens is 378 g/mol. The number of anilines is 1. The summed E-state index contributed by atoms with van der Waals surface area (Å²) in [6, 6.07) is 8.04. The van der Waals surface area contributed by atoms with Gasteiger partial charge in [0.25, 0.3) is 10.0 Å². The summed E-state index contributed by atoms with van der Waals surface area (Å²) in [5.41, 5.74) is 1.27. The molecule has 0 saturated carbocycles. The van der Waals surface area contributed by atoms with Crippen LogP contribution in [0, 0.1) is 0 Å². The van der Waals surface area contributed by atoms with E-state index < -0.39 is 10.0 Å². The van der Waals surface area contributed by atoms with E-state index in [0.717, 1.165) is 5.56 Å². The lowest BCUT2D eigenvalue weighted by molar-refractivity contribution is 0.597. The Morgan fingerprint density at radius 1 is 1.29 bits per heavy atom. The molecule has 0 bridgehead atoms. The largest absolute Gasteiger partial charge is 0.316 e. The van der Waals surface area contributed by atoms with Gasteiger partial charge in [0, 0.05) is 22.2 Å². The molecule has 0 aliphatic rings. The summed E-state index contributed by atoms with van der Waals surface area (Å²) in [5.74, 6) is 0. The lowest BCUT2D eigenvalue weighted by Gasteiger charge is -2.10. The highest BCUT2D eigenvalue weighted by Crippen LogP contribution is 2.27. The molecule has 2 N–H and O–H groups in total. The topological polar surface area (TPSA) is 71.1 Å². The molecule has 2 rings (SSSR count). The highest BCUT2D eigenvalue weighted by Gasteiger charge is 2.17. The quantitative estimate of drug-likeness (QED) is 0.823. The molecule has 1 heterocycles. The molecule has 0 radical (unpaired) electrons. The van der Waals surface area contributed by atoms with Crippen molar-refractivity contribution in [1.82, 2.24) is 10.3 Å². The molecular formula is C13H13BrClN3O2S. The van der Waals surface area contributed by atoms with Gasteiger partial charge in [0.2, 0.25) is 0 Å². The fourth-order valence-corrected chi connectivity index (χ4v) is 3.30. The Morgan fingerprint density at radius 2 is 2.05 bits per heavy atom. The van der Waals surface area contributed by atoms with E-state index in [2.05, 4.69) is 31.0 Å². The predicted molar refractivity (Wildman–Crippen MR) is 87.0 cm³/mol. The van der Waals surface area contributed by atoms with Crippen LogP contribution in [0.5, 0.6) is 0 Å². The van der Waals surface area contributed by atoms with E-state index in [1.54, 1.807) is 18.2 Å². The first kappa shape index (κ1) is 16.2. The van der Waals surface area contributed by atoms with Crippen LogP contribution in [0.2, 0.25) is 5.02 Å². The van der Waals surface area contributed by atoms with Crippen molar-refractivity contribution in [3.63, 3.8) is 0 Å². The summed E-state index contributed by atoms with van der Waals surface area (Å²) >= 11 is 9.14. The van der Waals surface area contributed by atoms with Crippen molar-refractivity contribution in [3.05, 3.63) is 51.6 Å². The molecule has 2 aromatic rings. The van der Waals surface area contributed by atoms with Crippen molar-refractivity contribution in [2.24, 2.45) is 0 Å². The molecule has 0 fully saturated rings. The summed E-state index contributed by atoms with van der Waals surface area (Å²) in [6.07, 6.45) is 1.53. The monoisotopic (exact) mass is 389 g/mol. The van der Waals surface area contributed by atoms with Gasteiger partial charge in [-0.05, 0) is 52.8 Å². The Bertz CT molecular complexity index is 736. The zero-order valence-corrected chi connectivity index (χ0v) is 14.3. The number of nitrogens with one attached hydrogen (secondary N) is 2. The lowest BCUT2D eigenvalue weighted by atomic mass is 10.3. The minimum atomic E-state index is -3.75. The van der Waals surface area contributed by atoms with Crippen LogP contribution in [0.1, 0.15) is 5.56 Å². The number of halogens is 2. The number of nitrogens with zero attached hydrogens (tertiary/aromatic N) is 1. The molecule has 0 aliphatic heterocycles. The summed E-state index contributed by atoms with van der Waals surface area (Å²) in [4.78, 5) is 3.98. The van der Waals surface area contributed by atoms with Crippen LogP contribution in [0.15, 0.2) is 46.0 Å². The van der Waals surface area contributed by atoms with E-state index in [9.17, 15) is 8.42 Å². The van der Waals surface area contributed by atoms with Gasteiger partial charge in [-0.25, -0.2) is 4.98 Å². The lowest BCUT2D eigenvalue weighted by Crippen LogP contribution is -2.15. The second-order valence-corrected chi connectivity index (χ2v) is 7.18. The minimum absolute atomic E-state index is 0.0470. The Morgan fingerprint density at radius 3 is 2.67 bits per heavy atom. The van der Waals surface area contributed by atoms with Gasteiger partial charge in [-0.1, -0.05) is 17.7 Å². The third-order valence-electron chi connectivity index (χ3n) is 2.63. The van der Waals surface area contributed by atoms with Gasteiger partial charge >= 0.3 is 0 Å². The number of hydrogen-bond acceptors (Lipinski definition) is 4. The molecule has 0 spiro atoms. The first-order chi connectivity index (χ1) is 9.92. The maximum Gasteiger partial charge on any atom is 0.279 e. The summed E-state index contributed by atoms with van der Waals surface area (Å²) in [5, 5.41) is 3.36. The van der Waals surface area contributed by atoms with Gasteiger partial charge in [0.1, 0.15) is 0 Å². The van der Waals surface area contributed by atoms with E-state index in [1.165, 1.54) is 18.3 Å². The third-order valence-corrected chi connectivity index (χ3v) is 4.83. The molecule has 0 saturated heterocycles. The number of aromatic nitrogens is 1. The first-order valence-electron chi connectivity index (χ1n) is 6.00. The van der Waals surface area contributed by atoms with Crippen LogP contribution in [-0.2, 0) is 16.6 Å². The van der Waals surface area contributed by atoms with Gasteiger partial charge in [-0.2, -0.15) is 8.42 Å². The average Bonchev–Trinajstić information content (AvgIpc) is 2.44. The van der Waals surface area contributed by atoms with Crippen molar-refractivity contribution in [2.45, 2.75) is 11.6 Å². The van der Waals surface area contributed by atoms with Crippen molar-refractivity contribution in [3.8, 4) is 0 Å². The van der Waals surface area contributed by atoms with Crippen LogP contribution in [0.25, 0.3) is 0 Å². The first-order valence-corrected chi connectivity index (χ1v) is 8.65. The normalized spacial score (nSPS) is 11.4. The number of pyridine rings is 1. The predicted octanol–water partition coefficient (Wildman–Crippen LogP) is 3.02. The maximum absolute atomic E-state index is 12.3. The van der Waals surface area contributed by atoms with E-state index in [0.29, 0.717) is 21.7 Å². The van der Waals surface area contributed by atoms with E-state index in [1.807, 2.05) is 7.05 Å². The van der Waals surface area contributed by atoms with Crippen LogP contribution < -0.4 is 10.0 Å². The number of sulfonamides is 1. The Balaban J connectivity index is 2.27. The Hall–Kier alpha value is -1.15. The number of rotatable bonds is 5. The summed E-state index contributed by atoms with van der Waals surface area (Å²) in [7, 11) is -1.95. The third kappa shape index (κ3) is 4.16. The molecule has 5 nitrogen and oxygen atoms in total. The molecule has 1 aromatic heterocycles. The molecule has 0 aliphatic carbocycles. The van der Waals surface area contributed by atoms with Crippen molar-refractivity contribution < 1.29 is 8.42 Å². The van der Waals surface area contributed by atoms with Gasteiger partial charge in [-0.3, -0.25) is 4.72 Å². The molecule has 1 aromatic carbocycles. The summed E-state index contributed by atoms with van der Waals surface area (Å²) in [6.45, 7) is 0.626. The fraction of sp³-hybridized carbons (Fsp3) is 0.154. The summed E-state index contributed by atoms with van der Waals surface area (Å²) < 4.78 is 27.6. The zero-order chi connectivity index (χ0) is 15.5. The number of benzene rings is 1. The van der Waals surface area contributed by atoms with Crippen LogP contribution in [0.3, 0.4) is 0 Å². The van der Waals surface area contributed by atoms with Crippen LogP contribution in [0.4, 0.5) is 5.69 Å². The molecule has 0 atom stereocenters. The second kappa shape index (κ2) is 6.74. The zero-order valence-electron chi connectivity index (χ0n) is 11.1. The van der Waals surface area contributed by atoms with E-state index >= 15 is 0 Å². The SMILES string of the molecule is CNCc1ccc(S(=O)(=O)Nc2cc(Cl)ccc2Br)nc1. The van der Waals surface area contributed by atoms with Crippen LogP contribution >= 0.6 is 27.5 Å². The fourth-order valence-electron chi connectivity index (χ4n) is 1.65. The standard InChI is InChI=1S/C13H13BrClN3O2S/c1-16-7-9-2-5-13(17-8-9)21(19,20)18-12-6-10(15)3-4-11(12)14/h2-6,8,16,18H,7H2,1H3. The second-order valence-electron chi connectivity index (χ2n) is 4.26. The van der Waals surface area contributed by atoms with Crippen molar-refractivity contribution in [2.75, 3.05) is 11.8 Å². The molecule has 112 valence electrons. The van der Waals surface area contributed by atoms with Crippen molar-refractivity contribution in [1.29, 1.82) is 0 Å². The highest BCUT2D eigenvalue weighted by molar-refractivity contribution is 9.10. The van der Waals surface area contributed by atoms with Gasteiger partial charge in [-0.15, -0.1) is 0 Å². The molecule has 21 heavy (non-hydrogen) atoms. The van der Waals surface area contributed by atoms with Gasteiger partial charge in [0.05, 0.1) is 5.69 Å². The Kier molecular flexibility index (Phi) is 5.21. The average molecular weight is 391 g/mol. The van der Waals surface area contributed by atoms with Gasteiger partial charge < -0.3 is 5.32 Å². The van der Waals surface area contributed by atoms with Crippen LogP contribution in [-0.4, -0.2) is 20.4 Å². The number of hydrogen-bond donors (Lipinski definition) is 2. The highest BCUT2D eigenvalue weighted by atomic mass is 79.9. The van der Waals surface area contributed by atoms with E-state index in [-0.39, 0.29) is 5.03 Å². The molecule has 0 amide bonds. The Labute approximate surface area is 136 Å².